The maximum absolute atomic E-state index is 13.8. The van der Waals surface area contributed by atoms with Crippen molar-refractivity contribution < 1.29 is 4.39 Å². The predicted octanol–water partition coefficient (Wildman–Crippen LogP) is 3.97. The van der Waals surface area contributed by atoms with Gasteiger partial charge in [-0.3, -0.25) is 5.32 Å². The molecule has 0 amide bonds. The van der Waals surface area contributed by atoms with Crippen molar-refractivity contribution in [2.24, 2.45) is 0 Å². The van der Waals surface area contributed by atoms with E-state index >= 15 is 0 Å². The second-order valence-electron chi connectivity index (χ2n) is 4.73. The topological polar surface area (TPSA) is 35.8 Å². The summed E-state index contributed by atoms with van der Waals surface area (Å²) in [5, 5.41) is 12.8. The zero-order valence-electron chi connectivity index (χ0n) is 10.1. The van der Waals surface area contributed by atoms with Crippen LogP contribution in [0.4, 0.5) is 4.39 Å². The molecule has 2 rings (SSSR count). The molecule has 0 bridgehead atoms. The van der Waals surface area contributed by atoms with E-state index in [9.17, 15) is 9.65 Å². The van der Waals surface area contributed by atoms with Crippen LogP contribution in [0, 0.1) is 17.1 Å². The van der Waals surface area contributed by atoms with Gasteiger partial charge in [-0.25, -0.2) is 4.39 Å². The molecule has 1 fully saturated rings. The Morgan fingerprint density at radius 1 is 1.33 bits per heavy atom. The highest BCUT2D eigenvalue weighted by Gasteiger charge is 2.21. The van der Waals surface area contributed by atoms with Crippen LogP contribution >= 0.6 is 11.6 Å². The Bertz CT molecular complexity index is 450. The molecule has 1 aliphatic rings. The number of rotatable bonds is 3. The summed E-state index contributed by atoms with van der Waals surface area (Å²) in [6.45, 7) is 0. The molecule has 1 saturated carbocycles. The number of nitrogens with one attached hydrogen (secondary N) is 1. The normalized spacial score (nSPS) is 18.3. The Kier molecular flexibility index (Phi) is 4.57. The Labute approximate surface area is 112 Å². The van der Waals surface area contributed by atoms with Crippen LogP contribution in [0.3, 0.4) is 0 Å². The number of hydrogen-bond donors (Lipinski definition) is 1. The molecule has 1 aliphatic carbocycles. The van der Waals surface area contributed by atoms with Gasteiger partial charge >= 0.3 is 0 Å². The summed E-state index contributed by atoms with van der Waals surface area (Å²) in [6.07, 6.45) is 5.74. The molecule has 1 aromatic carbocycles. The van der Waals surface area contributed by atoms with Gasteiger partial charge in [0.15, 0.2) is 0 Å². The van der Waals surface area contributed by atoms with Gasteiger partial charge in [0.05, 0.1) is 6.07 Å². The fourth-order valence-electron chi connectivity index (χ4n) is 2.44. The molecular formula is C14H16ClFN2. The number of halogens is 2. The molecule has 1 N–H and O–H groups in total. The SMILES string of the molecule is N#CC(NC1CCCCC1)c1ccc(Cl)cc1F. The summed E-state index contributed by atoms with van der Waals surface area (Å²) in [4.78, 5) is 0. The first-order chi connectivity index (χ1) is 8.70. The van der Waals surface area contributed by atoms with Crippen LogP contribution in [0.25, 0.3) is 0 Å². The first-order valence-corrected chi connectivity index (χ1v) is 6.69. The molecule has 2 nitrogen and oxygen atoms in total. The molecule has 0 aromatic heterocycles. The number of hydrogen-bond acceptors (Lipinski definition) is 2. The second-order valence-corrected chi connectivity index (χ2v) is 5.17. The molecule has 0 saturated heterocycles. The van der Waals surface area contributed by atoms with E-state index in [1.165, 1.54) is 25.3 Å². The fourth-order valence-corrected chi connectivity index (χ4v) is 2.60. The highest BCUT2D eigenvalue weighted by molar-refractivity contribution is 6.30. The van der Waals surface area contributed by atoms with Crippen molar-refractivity contribution >= 4 is 11.6 Å². The Morgan fingerprint density at radius 2 is 2.06 bits per heavy atom. The van der Waals surface area contributed by atoms with Crippen molar-refractivity contribution in [1.29, 1.82) is 5.26 Å². The lowest BCUT2D eigenvalue weighted by molar-refractivity contribution is 0.357. The van der Waals surface area contributed by atoms with Crippen molar-refractivity contribution in [3.8, 4) is 6.07 Å². The van der Waals surface area contributed by atoms with Crippen molar-refractivity contribution in [2.75, 3.05) is 0 Å². The molecule has 0 aliphatic heterocycles. The summed E-state index contributed by atoms with van der Waals surface area (Å²) in [6, 6.07) is 6.31. The van der Waals surface area contributed by atoms with Gasteiger partial charge in [-0.2, -0.15) is 5.26 Å². The highest BCUT2D eigenvalue weighted by atomic mass is 35.5. The Hall–Kier alpha value is -1.11. The van der Waals surface area contributed by atoms with Gasteiger partial charge in [-0.15, -0.1) is 0 Å². The summed E-state index contributed by atoms with van der Waals surface area (Å²) < 4.78 is 13.8. The van der Waals surface area contributed by atoms with E-state index in [4.69, 9.17) is 11.6 Å². The van der Waals surface area contributed by atoms with Crippen LogP contribution in [-0.2, 0) is 0 Å². The first kappa shape index (κ1) is 13.3. The molecule has 4 heteroatoms. The minimum Gasteiger partial charge on any atom is -0.295 e. The van der Waals surface area contributed by atoms with Crippen molar-refractivity contribution in [2.45, 2.75) is 44.2 Å². The zero-order valence-corrected chi connectivity index (χ0v) is 10.9. The molecule has 1 aromatic rings. The van der Waals surface area contributed by atoms with Crippen LogP contribution in [0.2, 0.25) is 5.02 Å². The van der Waals surface area contributed by atoms with E-state index in [1.807, 2.05) is 0 Å². The quantitative estimate of drug-likeness (QED) is 0.899. The van der Waals surface area contributed by atoms with Gasteiger partial charge in [-0.1, -0.05) is 36.9 Å². The van der Waals surface area contributed by atoms with E-state index in [0.29, 0.717) is 16.6 Å². The summed E-state index contributed by atoms with van der Waals surface area (Å²) in [5.74, 6) is -0.419. The second kappa shape index (κ2) is 6.17. The number of benzene rings is 1. The van der Waals surface area contributed by atoms with E-state index in [1.54, 1.807) is 12.1 Å². The van der Waals surface area contributed by atoms with Crippen molar-refractivity contribution in [3.63, 3.8) is 0 Å². The molecule has 0 heterocycles. The smallest absolute Gasteiger partial charge is 0.130 e. The highest BCUT2D eigenvalue weighted by Crippen LogP contribution is 2.24. The zero-order chi connectivity index (χ0) is 13.0. The number of nitriles is 1. The standard InChI is InChI=1S/C14H16ClFN2/c15-10-6-7-12(13(16)8-10)14(9-17)18-11-4-2-1-3-5-11/h6-8,11,14,18H,1-5H2. The summed E-state index contributed by atoms with van der Waals surface area (Å²) in [5.41, 5.74) is 0.382. The average molecular weight is 267 g/mol. The molecule has 1 atom stereocenters. The summed E-state index contributed by atoms with van der Waals surface area (Å²) in [7, 11) is 0. The lowest BCUT2D eigenvalue weighted by Gasteiger charge is -2.25. The van der Waals surface area contributed by atoms with Crippen molar-refractivity contribution in [3.05, 3.63) is 34.6 Å². The van der Waals surface area contributed by atoms with Crippen LogP contribution < -0.4 is 5.32 Å². The Morgan fingerprint density at radius 3 is 2.67 bits per heavy atom. The van der Waals surface area contributed by atoms with Crippen molar-refractivity contribution in [1.82, 2.24) is 5.32 Å². The lowest BCUT2D eigenvalue weighted by atomic mass is 9.94. The third-order valence-corrected chi connectivity index (χ3v) is 3.65. The Balaban J connectivity index is 2.10. The molecule has 0 radical (unpaired) electrons. The van der Waals surface area contributed by atoms with Gasteiger partial charge in [0, 0.05) is 16.6 Å². The third-order valence-electron chi connectivity index (χ3n) is 3.41. The fraction of sp³-hybridized carbons (Fsp3) is 0.500. The van der Waals surface area contributed by atoms with Crippen LogP contribution in [0.5, 0.6) is 0 Å². The molecule has 96 valence electrons. The van der Waals surface area contributed by atoms with Crippen LogP contribution in [0.1, 0.15) is 43.7 Å². The van der Waals surface area contributed by atoms with Crippen LogP contribution in [0.15, 0.2) is 18.2 Å². The van der Waals surface area contributed by atoms with E-state index in [-0.39, 0.29) is 0 Å². The third kappa shape index (κ3) is 3.22. The van der Waals surface area contributed by atoms with Gasteiger partial charge in [0.1, 0.15) is 11.9 Å². The average Bonchev–Trinajstić information content (AvgIpc) is 2.38. The summed E-state index contributed by atoms with van der Waals surface area (Å²) >= 11 is 5.71. The van der Waals surface area contributed by atoms with Gasteiger partial charge in [0.25, 0.3) is 0 Å². The van der Waals surface area contributed by atoms with E-state index < -0.39 is 11.9 Å². The largest absolute Gasteiger partial charge is 0.295 e. The van der Waals surface area contributed by atoms with Gasteiger partial charge in [-0.05, 0) is 25.0 Å². The predicted molar refractivity (Wildman–Crippen MR) is 69.8 cm³/mol. The maximum atomic E-state index is 13.8. The van der Waals surface area contributed by atoms with E-state index in [2.05, 4.69) is 11.4 Å². The molecular weight excluding hydrogens is 251 g/mol. The monoisotopic (exact) mass is 266 g/mol. The number of nitrogens with zero attached hydrogens (tertiary/aromatic N) is 1. The van der Waals surface area contributed by atoms with Gasteiger partial charge in [0.2, 0.25) is 0 Å². The molecule has 1 unspecified atom stereocenters. The minimum atomic E-state index is -0.592. The first-order valence-electron chi connectivity index (χ1n) is 6.31. The van der Waals surface area contributed by atoms with Gasteiger partial charge < -0.3 is 0 Å². The lowest BCUT2D eigenvalue weighted by Crippen LogP contribution is -2.34. The minimum absolute atomic E-state index is 0.318. The maximum Gasteiger partial charge on any atom is 0.130 e. The molecule has 0 spiro atoms. The van der Waals surface area contributed by atoms with E-state index in [0.717, 1.165) is 12.8 Å². The van der Waals surface area contributed by atoms with Crippen LogP contribution in [-0.4, -0.2) is 6.04 Å². The molecule has 18 heavy (non-hydrogen) atoms.